The molecule has 0 aliphatic rings. The zero-order chi connectivity index (χ0) is 14.7. The fraction of sp³-hybridized carbons (Fsp3) is 0.200. The fourth-order valence-electron chi connectivity index (χ4n) is 1.87. The lowest BCUT2D eigenvalue weighted by atomic mass is 10.1. The first-order chi connectivity index (χ1) is 9.52. The van der Waals surface area contributed by atoms with Gasteiger partial charge in [0.1, 0.15) is 23.1 Å². The minimum absolute atomic E-state index is 0.0241. The predicted octanol–water partition coefficient (Wildman–Crippen LogP) is 4.33. The molecule has 106 valence electrons. The maximum atomic E-state index is 13.1. The molecular formula is C15H14ClFO3. The van der Waals surface area contributed by atoms with Crippen LogP contribution < -0.4 is 9.47 Å². The molecule has 0 aliphatic heterocycles. The first-order valence-corrected chi connectivity index (χ1v) is 6.38. The number of aliphatic hydroxyl groups is 1. The molecule has 0 bridgehead atoms. The Bertz CT molecular complexity index is 614. The molecule has 5 heteroatoms. The zero-order valence-electron chi connectivity index (χ0n) is 11.1. The quantitative estimate of drug-likeness (QED) is 0.912. The van der Waals surface area contributed by atoms with Crippen molar-refractivity contribution in [3.63, 3.8) is 0 Å². The number of halogens is 2. The monoisotopic (exact) mass is 296 g/mol. The second kappa shape index (κ2) is 6.11. The van der Waals surface area contributed by atoms with Gasteiger partial charge in [-0.2, -0.15) is 0 Å². The molecule has 2 aromatic carbocycles. The third-order valence-corrected chi connectivity index (χ3v) is 3.07. The normalized spacial score (nSPS) is 12.1. The first-order valence-electron chi connectivity index (χ1n) is 6.00. The molecule has 0 unspecified atom stereocenters. The summed E-state index contributed by atoms with van der Waals surface area (Å²) in [5.41, 5.74) is 0.524. The molecule has 1 atom stereocenters. The molecule has 2 rings (SSSR count). The summed E-state index contributed by atoms with van der Waals surface area (Å²) < 4.78 is 24.0. The topological polar surface area (TPSA) is 38.7 Å². The molecule has 0 radical (unpaired) electrons. The van der Waals surface area contributed by atoms with Crippen LogP contribution >= 0.6 is 11.6 Å². The molecule has 0 aliphatic carbocycles. The summed E-state index contributed by atoms with van der Waals surface area (Å²) in [6, 6.07) is 9.23. The average Bonchev–Trinajstić information content (AvgIpc) is 2.42. The summed E-state index contributed by atoms with van der Waals surface area (Å²) in [5.74, 6) is 0.819. The van der Waals surface area contributed by atoms with Crippen LogP contribution in [0.3, 0.4) is 0 Å². The van der Waals surface area contributed by atoms with Gasteiger partial charge < -0.3 is 14.6 Å². The van der Waals surface area contributed by atoms with E-state index in [9.17, 15) is 9.50 Å². The highest BCUT2D eigenvalue weighted by molar-refractivity contribution is 6.30. The summed E-state index contributed by atoms with van der Waals surface area (Å²) in [4.78, 5) is 0. The van der Waals surface area contributed by atoms with Crippen molar-refractivity contribution in [2.24, 2.45) is 0 Å². The minimum Gasteiger partial charge on any atom is -0.496 e. The molecule has 2 aromatic rings. The largest absolute Gasteiger partial charge is 0.496 e. The van der Waals surface area contributed by atoms with Crippen molar-refractivity contribution in [2.75, 3.05) is 7.11 Å². The van der Waals surface area contributed by atoms with E-state index in [0.29, 0.717) is 22.8 Å². The van der Waals surface area contributed by atoms with Crippen LogP contribution in [0.25, 0.3) is 0 Å². The van der Waals surface area contributed by atoms with Crippen LogP contribution in [0.15, 0.2) is 36.4 Å². The lowest BCUT2D eigenvalue weighted by molar-refractivity contribution is 0.190. The molecule has 1 N–H and O–H groups in total. The summed E-state index contributed by atoms with van der Waals surface area (Å²) in [7, 11) is 1.51. The molecule has 0 saturated heterocycles. The molecule has 0 spiro atoms. The summed E-state index contributed by atoms with van der Waals surface area (Å²) in [5, 5.41) is 9.82. The van der Waals surface area contributed by atoms with Crippen molar-refractivity contribution in [3.05, 3.63) is 52.8 Å². The van der Waals surface area contributed by atoms with Crippen LogP contribution in [0, 0.1) is 5.82 Å². The van der Waals surface area contributed by atoms with Gasteiger partial charge in [-0.25, -0.2) is 4.39 Å². The van der Waals surface area contributed by atoms with Gasteiger partial charge in [-0.05, 0) is 31.2 Å². The zero-order valence-corrected chi connectivity index (χ0v) is 11.8. The fourth-order valence-corrected chi connectivity index (χ4v) is 2.04. The Labute approximate surface area is 121 Å². The Balaban J connectivity index is 2.40. The van der Waals surface area contributed by atoms with Crippen molar-refractivity contribution >= 4 is 11.6 Å². The van der Waals surface area contributed by atoms with Gasteiger partial charge in [-0.15, -0.1) is 0 Å². The minimum atomic E-state index is -0.767. The van der Waals surface area contributed by atoms with Gasteiger partial charge in [0, 0.05) is 6.07 Å². The molecule has 3 nitrogen and oxygen atoms in total. The van der Waals surface area contributed by atoms with E-state index in [0.717, 1.165) is 0 Å². The smallest absolute Gasteiger partial charge is 0.142 e. The van der Waals surface area contributed by atoms with Crippen LogP contribution in [0.2, 0.25) is 5.02 Å². The van der Waals surface area contributed by atoms with Crippen LogP contribution in [0.5, 0.6) is 17.2 Å². The Morgan fingerprint density at radius 2 is 1.90 bits per heavy atom. The van der Waals surface area contributed by atoms with Crippen LogP contribution in [0.4, 0.5) is 4.39 Å². The van der Waals surface area contributed by atoms with Crippen LogP contribution in [0.1, 0.15) is 18.6 Å². The number of ether oxygens (including phenoxy) is 2. The van der Waals surface area contributed by atoms with Gasteiger partial charge in [0.05, 0.1) is 23.8 Å². The van der Waals surface area contributed by atoms with E-state index >= 15 is 0 Å². The molecular weight excluding hydrogens is 283 g/mol. The highest BCUT2D eigenvalue weighted by atomic mass is 35.5. The van der Waals surface area contributed by atoms with Gasteiger partial charge >= 0.3 is 0 Å². The summed E-state index contributed by atoms with van der Waals surface area (Å²) in [6.07, 6.45) is -0.767. The van der Waals surface area contributed by atoms with Gasteiger partial charge in [-0.3, -0.25) is 0 Å². The van der Waals surface area contributed by atoms with Crippen molar-refractivity contribution < 1.29 is 19.0 Å². The van der Waals surface area contributed by atoms with E-state index in [1.54, 1.807) is 25.1 Å². The van der Waals surface area contributed by atoms with E-state index in [-0.39, 0.29) is 5.02 Å². The predicted molar refractivity (Wildman–Crippen MR) is 75.1 cm³/mol. The number of benzene rings is 2. The van der Waals surface area contributed by atoms with E-state index in [2.05, 4.69) is 0 Å². The van der Waals surface area contributed by atoms with Crippen molar-refractivity contribution in [1.82, 2.24) is 0 Å². The van der Waals surface area contributed by atoms with Crippen molar-refractivity contribution in [3.8, 4) is 17.2 Å². The number of aliphatic hydroxyl groups excluding tert-OH is 1. The first kappa shape index (κ1) is 14.6. The molecule has 0 amide bonds. The molecule has 20 heavy (non-hydrogen) atoms. The van der Waals surface area contributed by atoms with E-state index in [1.807, 2.05) is 0 Å². The van der Waals surface area contributed by atoms with Gasteiger partial charge in [0.2, 0.25) is 0 Å². The highest BCUT2D eigenvalue weighted by Gasteiger charge is 2.16. The number of hydrogen-bond donors (Lipinski definition) is 1. The lowest BCUT2D eigenvalue weighted by Gasteiger charge is -2.16. The molecule has 0 saturated carbocycles. The van der Waals surface area contributed by atoms with E-state index in [4.69, 9.17) is 21.1 Å². The standard InChI is InChI=1S/C15H14ClFO3/c1-9(18)15-13(19-2)4-3-5-14(15)20-10-6-7-12(17)11(16)8-10/h3-9,18H,1-2H3/t9-/m1/s1. The van der Waals surface area contributed by atoms with Gasteiger partial charge in [0.25, 0.3) is 0 Å². The van der Waals surface area contributed by atoms with E-state index < -0.39 is 11.9 Å². The molecule has 0 aromatic heterocycles. The van der Waals surface area contributed by atoms with Crippen LogP contribution in [-0.4, -0.2) is 12.2 Å². The Morgan fingerprint density at radius 3 is 2.50 bits per heavy atom. The van der Waals surface area contributed by atoms with Gasteiger partial charge in [0.15, 0.2) is 0 Å². The Kier molecular flexibility index (Phi) is 4.47. The second-order valence-electron chi connectivity index (χ2n) is 4.23. The third kappa shape index (κ3) is 3.03. The highest BCUT2D eigenvalue weighted by Crippen LogP contribution is 2.37. The SMILES string of the molecule is COc1cccc(Oc2ccc(F)c(Cl)c2)c1[C@@H](C)O. The number of hydrogen-bond acceptors (Lipinski definition) is 3. The second-order valence-corrected chi connectivity index (χ2v) is 4.63. The van der Waals surface area contributed by atoms with Crippen molar-refractivity contribution in [2.45, 2.75) is 13.0 Å². The average molecular weight is 297 g/mol. The maximum absolute atomic E-state index is 13.1. The molecule has 0 fully saturated rings. The lowest BCUT2D eigenvalue weighted by Crippen LogP contribution is -2.00. The summed E-state index contributed by atoms with van der Waals surface area (Å²) >= 11 is 5.71. The van der Waals surface area contributed by atoms with Crippen molar-refractivity contribution in [1.29, 1.82) is 0 Å². The van der Waals surface area contributed by atoms with Gasteiger partial charge in [-0.1, -0.05) is 17.7 Å². The Morgan fingerprint density at radius 1 is 1.20 bits per heavy atom. The van der Waals surface area contributed by atoms with Crippen LogP contribution in [-0.2, 0) is 0 Å². The third-order valence-electron chi connectivity index (χ3n) is 2.78. The molecule has 0 heterocycles. The number of methoxy groups -OCH3 is 1. The summed E-state index contributed by atoms with van der Waals surface area (Å²) in [6.45, 7) is 1.61. The maximum Gasteiger partial charge on any atom is 0.142 e. The Hall–Kier alpha value is -1.78. The number of rotatable bonds is 4. The van der Waals surface area contributed by atoms with E-state index in [1.165, 1.54) is 25.3 Å².